The van der Waals surface area contributed by atoms with Gasteiger partial charge in [0.25, 0.3) is 5.56 Å². The second-order valence-electron chi connectivity index (χ2n) is 6.05. The van der Waals surface area contributed by atoms with Crippen LogP contribution < -0.4 is 17.0 Å². The predicted octanol–water partition coefficient (Wildman–Crippen LogP) is 0.614. The molecule has 2 aromatic rings. The minimum atomic E-state index is -1.08. The molecule has 0 radical (unpaired) electrons. The van der Waals surface area contributed by atoms with E-state index in [2.05, 4.69) is 0 Å². The van der Waals surface area contributed by atoms with E-state index in [9.17, 15) is 14.4 Å². The number of benzene rings is 1. The third kappa shape index (κ3) is 3.46. The molecule has 24 heavy (non-hydrogen) atoms. The van der Waals surface area contributed by atoms with Crippen LogP contribution >= 0.6 is 0 Å². The largest absolute Gasteiger partial charge is 0.480 e. The molecule has 0 aliphatic carbocycles. The van der Waals surface area contributed by atoms with Crippen LogP contribution in [0.25, 0.3) is 5.69 Å². The summed E-state index contributed by atoms with van der Waals surface area (Å²) in [5, 5.41) is 8.84. The summed E-state index contributed by atoms with van der Waals surface area (Å²) >= 11 is 0. The van der Waals surface area contributed by atoms with Gasteiger partial charge >= 0.3 is 11.7 Å². The molecule has 1 heterocycles. The Hall–Kier alpha value is -2.67. The third-order valence-corrected chi connectivity index (χ3v) is 3.92. The number of aromatic nitrogens is 2. The van der Waals surface area contributed by atoms with Crippen LogP contribution in [0.3, 0.4) is 0 Å². The van der Waals surface area contributed by atoms with E-state index >= 15 is 0 Å². The maximum absolute atomic E-state index is 12.5. The molecule has 0 unspecified atom stereocenters. The average molecular weight is 331 g/mol. The third-order valence-electron chi connectivity index (χ3n) is 3.92. The fourth-order valence-electron chi connectivity index (χ4n) is 2.56. The Bertz CT molecular complexity index is 863. The van der Waals surface area contributed by atoms with Gasteiger partial charge in [0.2, 0.25) is 0 Å². The van der Waals surface area contributed by atoms with E-state index in [1.807, 2.05) is 13.8 Å². The molecular weight excluding hydrogens is 310 g/mol. The van der Waals surface area contributed by atoms with Gasteiger partial charge in [-0.25, -0.2) is 9.36 Å². The first-order chi connectivity index (χ1) is 11.2. The van der Waals surface area contributed by atoms with Crippen molar-refractivity contribution in [2.24, 2.45) is 12.8 Å². The number of carboxylic acids is 1. The van der Waals surface area contributed by atoms with Crippen molar-refractivity contribution in [3.05, 3.63) is 62.4 Å². The zero-order valence-electron chi connectivity index (χ0n) is 13.9. The first kappa shape index (κ1) is 17.7. The quantitative estimate of drug-likeness (QED) is 0.835. The Balaban J connectivity index is 2.43. The van der Waals surface area contributed by atoms with Gasteiger partial charge in [-0.1, -0.05) is 26.0 Å². The number of hydrogen-bond donors (Lipinski definition) is 2. The number of nitrogens with two attached hydrogens (primary N) is 1. The Morgan fingerprint density at radius 1 is 1.21 bits per heavy atom. The maximum Gasteiger partial charge on any atom is 0.335 e. The molecule has 0 aliphatic heterocycles. The lowest BCUT2D eigenvalue weighted by molar-refractivity contribution is -0.138. The van der Waals surface area contributed by atoms with Crippen molar-refractivity contribution >= 4 is 5.97 Å². The molecule has 0 bridgehead atoms. The van der Waals surface area contributed by atoms with E-state index in [-0.39, 0.29) is 12.3 Å². The summed E-state index contributed by atoms with van der Waals surface area (Å²) in [5.74, 6) is -1.02. The van der Waals surface area contributed by atoms with Gasteiger partial charge in [-0.2, -0.15) is 0 Å². The molecule has 0 saturated heterocycles. The van der Waals surface area contributed by atoms with E-state index in [1.165, 1.54) is 10.6 Å². The number of nitrogens with zero attached hydrogens (tertiary/aromatic N) is 2. The summed E-state index contributed by atoms with van der Waals surface area (Å²) in [4.78, 5) is 35.6. The number of carbonyl (C=O) groups is 1. The van der Waals surface area contributed by atoms with E-state index in [0.29, 0.717) is 11.4 Å². The highest BCUT2D eigenvalue weighted by atomic mass is 16.4. The Labute approximate surface area is 139 Å². The zero-order chi connectivity index (χ0) is 18.0. The lowest BCUT2D eigenvalue weighted by Gasteiger charge is -2.14. The van der Waals surface area contributed by atoms with Gasteiger partial charge in [0.1, 0.15) is 6.04 Å². The van der Waals surface area contributed by atoms with Crippen molar-refractivity contribution in [2.45, 2.75) is 32.2 Å². The molecule has 7 heteroatoms. The van der Waals surface area contributed by atoms with Crippen LogP contribution in [0.15, 0.2) is 39.9 Å². The number of carboxylic acid groups (broad SMARTS) is 1. The molecule has 0 aliphatic rings. The zero-order valence-corrected chi connectivity index (χ0v) is 13.9. The van der Waals surface area contributed by atoms with Gasteiger partial charge in [-0.15, -0.1) is 0 Å². The number of hydrogen-bond acceptors (Lipinski definition) is 4. The van der Waals surface area contributed by atoms with Gasteiger partial charge in [0, 0.05) is 18.8 Å². The van der Waals surface area contributed by atoms with Crippen LogP contribution in [0.2, 0.25) is 0 Å². The summed E-state index contributed by atoms with van der Waals surface area (Å²) in [5.41, 5.74) is 6.52. The van der Waals surface area contributed by atoms with Crippen molar-refractivity contribution in [3.8, 4) is 5.69 Å². The van der Waals surface area contributed by atoms with Crippen LogP contribution in [0, 0.1) is 0 Å². The first-order valence-electron chi connectivity index (χ1n) is 7.63. The van der Waals surface area contributed by atoms with Gasteiger partial charge in [0.05, 0.1) is 5.69 Å². The van der Waals surface area contributed by atoms with Crippen molar-refractivity contribution in [1.29, 1.82) is 0 Å². The summed E-state index contributed by atoms with van der Waals surface area (Å²) in [6, 6.07) is 7.03. The molecule has 7 nitrogen and oxygen atoms in total. The van der Waals surface area contributed by atoms with Crippen molar-refractivity contribution < 1.29 is 9.90 Å². The molecule has 1 aromatic carbocycles. The molecule has 1 aromatic heterocycles. The SMILES string of the molecule is CC(C)c1cc(=O)n(-c2ccc(C[C@H](N)C(=O)O)cc2)c(=O)n1C. The molecule has 128 valence electrons. The standard InChI is InChI=1S/C17H21N3O4/c1-10(2)14-9-15(21)20(17(24)19(14)3)12-6-4-11(5-7-12)8-13(18)16(22)23/h4-7,9-10,13H,8,18H2,1-3H3,(H,22,23)/t13-/m0/s1. The van der Waals surface area contributed by atoms with Crippen LogP contribution in [0.4, 0.5) is 0 Å². The lowest BCUT2D eigenvalue weighted by Crippen LogP contribution is -2.39. The summed E-state index contributed by atoms with van der Waals surface area (Å²) in [6.45, 7) is 3.83. The van der Waals surface area contributed by atoms with Crippen LogP contribution in [-0.2, 0) is 18.3 Å². The minimum absolute atomic E-state index is 0.0601. The maximum atomic E-state index is 12.5. The Morgan fingerprint density at radius 2 is 1.79 bits per heavy atom. The Morgan fingerprint density at radius 3 is 2.29 bits per heavy atom. The predicted molar refractivity (Wildman–Crippen MR) is 90.7 cm³/mol. The molecule has 2 rings (SSSR count). The Kier molecular flexibility index (Phi) is 5.04. The van der Waals surface area contributed by atoms with E-state index in [1.54, 1.807) is 31.3 Å². The van der Waals surface area contributed by atoms with Crippen LogP contribution in [0.5, 0.6) is 0 Å². The molecule has 0 fully saturated rings. The molecule has 0 amide bonds. The van der Waals surface area contributed by atoms with Crippen molar-refractivity contribution in [2.75, 3.05) is 0 Å². The number of rotatable bonds is 5. The van der Waals surface area contributed by atoms with Gasteiger partial charge in [-0.3, -0.25) is 9.59 Å². The molecule has 0 spiro atoms. The smallest absolute Gasteiger partial charge is 0.335 e. The van der Waals surface area contributed by atoms with E-state index in [4.69, 9.17) is 10.8 Å². The topological polar surface area (TPSA) is 107 Å². The average Bonchev–Trinajstić information content (AvgIpc) is 2.52. The second-order valence-corrected chi connectivity index (χ2v) is 6.05. The van der Waals surface area contributed by atoms with Crippen molar-refractivity contribution in [3.63, 3.8) is 0 Å². The van der Waals surface area contributed by atoms with E-state index in [0.717, 1.165) is 10.1 Å². The van der Waals surface area contributed by atoms with Crippen LogP contribution in [-0.4, -0.2) is 26.3 Å². The van der Waals surface area contributed by atoms with Gasteiger partial charge in [-0.05, 0) is 30.0 Å². The van der Waals surface area contributed by atoms with E-state index < -0.39 is 23.3 Å². The molecule has 1 atom stereocenters. The summed E-state index contributed by atoms with van der Waals surface area (Å²) in [7, 11) is 1.63. The molecular formula is C17H21N3O4. The number of aliphatic carboxylic acids is 1. The van der Waals surface area contributed by atoms with Crippen molar-refractivity contribution in [1.82, 2.24) is 9.13 Å². The van der Waals surface area contributed by atoms with Gasteiger partial charge < -0.3 is 15.4 Å². The highest BCUT2D eigenvalue weighted by Crippen LogP contribution is 2.11. The highest BCUT2D eigenvalue weighted by molar-refractivity contribution is 5.73. The summed E-state index contributed by atoms with van der Waals surface area (Å²) < 4.78 is 2.55. The normalized spacial score (nSPS) is 12.4. The molecule has 3 N–H and O–H groups in total. The fraction of sp³-hybridized carbons (Fsp3) is 0.353. The van der Waals surface area contributed by atoms with Crippen LogP contribution in [0.1, 0.15) is 31.0 Å². The second kappa shape index (κ2) is 6.84. The summed E-state index contributed by atoms with van der Waals surface area (Å²) in [6.07, 6.45) is 0.175. The monoisotopic (exact) mass is 331 g/mol. The first-order valence-corrected chi connectivity index (χ1v) is 7.63. The van der Waals surface area contributed by atoms with Gasteiger partial charge in [0.15, 0.2) is 0 Å². The lowest BCUT2D eigenvalue weighted by atomic mass is 10.1. The molecule has 0 saturated carbocycles. The highest BCUT2D eigenvalue weighted by Gasteiger charge is 2.14. The minimum Gasteiger partial charge on any atom is -0.480 e. The fourth-order valence-corrected chi connectivity index (χ4v) is 2.56.